The van der Waals surface area contributed by atoms with Gasteiger partial charge in [0.15, 0.2) is 0 Å². The molecule has 0 radical (unpaired) electrons. The van der Waals surface area contributed by atoms with E-state index in [-0.39, 0.29) is 0 Å². The van der Waals surface area contributed by atoms with Gasteiger partial charge in [0.05, 0.1) is 17.6 Å². The summed E-state index contributed by atoms with van der Waals surface area (Å²) in [5.41, 5.74) is 5.34. The monoisotopic (exact) mass is 385 g/mol. The maximum absolute atomic E-state index is 9.10. The van der Waals surface area contributed by atoms with Gasteiger partial charge in [-0.3, -0.25) is 0 Å². The third-order valence-electron chi connectivity index (χ3n) is 4.75. The van der Waals surface area contributed by atoms with Gasteiger partial charge in [0, 0.05) is 12.1 Å². The Morgan fingerprint density at radius 1 is 1.11 bits per heavy atom. The van der Waals surface area contributed by atoms with E-state index in [0.29, 0.717) is 0 Å². The summed E-state index contributed by atoms with van der Waals surface area (Å²) in [6.07, 6.45) is 7.97. The fourth-order valence-electron chi connectivity index (χ4n) is 3.19. The first kappa shape index (κ1) is 21.4. The lowest BCUT2D eigenvalue weighted by Gasteiger charge is -2.20. The quantitative estimate of drug-likeness (QED) is 0.768. The van der Waals surface area contributed by atoms with E-state index in [9.17, 15) is 0 Å². The van der Waals surface area contributed by atoms with E-state index in [4.69, 9.17) is 19.8 Å². The molecular weight excluding hydrogens is 358 g/mol. The number of carboxylic acid groups (broad SMARTS) is 2. The smallest absolute Gasteiger partial charge is 0.414 e. The third-order valence-corrected chi connectivity index (χ3v) is 4.75. The number of benzene rings is 1. The largest absolute Gasteiger partial charge is 0.473 e. The molecule has 0 saturated carbocycles. The summed E-state index contributed by atoms with van der Waals surface area (Å²) < 4.78 is 2.11. The highest BCUT2D eigenvalue weighted by molar-refractivity contribution is 6.27. The minimum Gasteiger partial charge on any atom is -0.473 e. The first-order chi connectivity index (χ1) is 13.5. The molecule has 3 rings (SSSR count). The molecule has 0 amide bonds. The summed E-state index contributed by atoms with van der Waals surface area (Å²) in [5, 5.41) is 19.4. The number of aliphatic carboxylic acids is 2. The molecule has 0 atom stereocenters. The van der Waals surface area contributed by atoms with Crippen molar-refractivity contribution >= 4 is 17.5 Å². The maximum Gasteiger partial charge on any atom is 0.414 e. The van der Waals surface area contributed by atoms with Gasteiger partial charge in [0.2, 0.25) is 0 Å². The van der Waals surface area contributed by atoms with E-state index >= 15 is 0 Å². The first-order valence-corrected chi connectivity index (χ1v) is 9.48. The second-order valence-electron chi connectivity index (χ2n) is 6.43. The SMILES string of the molecule is CCN(CC)CC=C1CCCc2c1cnn2-c1ccccc1.O=C(O)C(=O)O. The molecule has 1 aromatic carbocycles. The molecular formula is C21H27N3O4. The van der Waals surface area contributed by atoms with Gasteiger partial charge in [-0.05, 0) is 50.1 Å². The number of likely N-dealkylation sites (N-methyl/N-ethyl adjacent to an activating group) is 1. The van der Waals surface area contributed by atoms with Gasteiger partial charge in [-0.2, -0.15) is 5.10 Å². The predicted octanol–water partition coefficient (Wildman–Crippen LogP) is 3.09. The number of allylic oxidation sites excluding steroid dienone is 1. The zero-order chi connectivity index (χ0) is 20.5. The number of hydrogen-bond acceptors (Lipinski definition) is 4. The van der Waals surface area contributed by atoms with Crippen molar-refractivity contribution in [1.82, 2.24) is 14.7 Å². The van der Waals surface area contributed by atoms with E-state index in [0.717, 1.165) is 31.7 Å². The Hall–Kier alpha value is -2.93. The normalized spacial score (nSPS) is 14.3. The second kappa shape index (κ2) is 10.4. The van der Waals surface area contributed by atoms with Crippen molar-refractivity contribution in [3.8, 4) is 5.69 Å². The number of para-hydroxylation sites is 1. The van der Waals surface area contributed by atoms with Crippen molar-refractivity contribution in [3.05, 3.63) is 53.9 Å². The van der Waals surface area contributed by atoms with Crippen LogP contribution in [0.25, 0.3) is 11.3 Å². The molecule has 7 nitrogen and oxygen atoms in total. The zero-order valence-electron chi connectivity index (χ0n) is 16.3. The summed E-state index contributed by atoms with van der Waals surface area (Å²) >= 11 is 0. The average Bonchev–Trinajstić information content (AvgIpc) is 3.14. The van der Waals surface area contributed by atoms with Gasteiger partial charge >= 0.3 is 11.9 Å². The van der Waals surface area contributed by atoms with Crippen LogP contribution in [0.15, 0.2) is 42.6 Å². The van der Waals surface area contributed by atoms with E-state index < -0.39 is 11.9 Å². The van der Waals surface area contributed by atoms with Gasteiger partial charge in [-0.1, -0.05) is 38.1 Å². The number of carboxylic acids is 2. The molecule has 2 aromatic rings. The van der Waals surface area contributed by atoms with Crippen molar-refractivity contribution in [3.63, 3.8) is 0 Å². The van der Waals surface area contributed by atoms with E-state index in [1.165, 1.54) is 29.7 Å². The highest BCUT2D eigenvalue weighted by Crippen LogP contribution is 2.31. The van der Waals surface area contributed by atoms with E-state index in [2.05, 4.69) is 71.1 Å². The molecule has 1 aromatic heterocycles. The molecule has 1 aliphatic carbocycles. The van der Waals surface area contributed by atoms with Gasteiger partial charge in [-0.15, -0.1) is 0 Å². The molecule has 0 bridgehead atoms. The molecule has 0 unspecified atom stereocenters. The van der Waals surface area contributed by atoms with Crippen LogP contribution in [0.3, 0.4) is 0 Å². The summed E-state index contributed by atoms with van der Waals surface area (Å²) in [6, 6.07) is 10.4. The van der Waals surface area contributed by atoms with Crippen LogP contribution in [0.1, 0.15) is 37.9 Å². The van der Waals surface area contributed by atoms with Gasteiger partial charge in [-0.25, -0.2) is 14.3 Å². The molecule has 2 N–H and O–H groups in total. The summed E-state index contributed by atoms with van der Waals surface area (Å²) in [7, 11) is 0. The van der Waals surface area contributed by atoms with Crippen LogP contribution >= 0.6 is 0 Å². The van der Waals surface area contributed by atoms with Crippen LogP contribution in [-0.4, -0.2) is 56.5 Å². The van der Waals surface area contributed by atoms with E-state index in [1.54, 1.807) is 0 Å². The van der Waals surface area contributed by atoms with Crippen LogP contribution in [0, 0.1) is 0 Å². The molecule has 7 heteroatoms. The second-order valence-corrected chi connectivity index (χ2v) is 6.43. The Morgan fingerprint density at radius 3 is 2.32 bits per heavy atom. The van der Waals surface area contributed by atoms with Crippen molar-refractivity contribution in [2.24, 2.45) is 0 Å². The molecule has 1 aliphatic rings. The molecule has 0 saturated heterocycles. The summed E-state index contributed by atoms with van der Waals surface area (Å²) in [5.74, 6) is -3.65. The lowest BCUT2D eigenvalue weighted by Crippen LogP contribution is -2.23. The Labute approximate surface area is 164 Å². The highest BCUT2D eigenvalue weighted by atomic mass is 16.4. The number of nitrogens with zero attached hydrogens (tertiary/aromatic N) is 3. The molecule has 1 heterocycles. The van der Waals surface area contributed by atoms with Gasteiger partial charge < -0.3 is 15.1 Å². The number of rotatable bonds is 5. The number of aromatic nitrogens is 2. The molecule has 150 valence electrons. The number of carbonyl (C=O) groups is 2. The van der Waals surface area contributed by atoms with Crippen LogP contribution in [0.5, 0.6) is 0 Å². The van der Waals surface area contributed by atoms with Crippen molar-refractivity contribution in [1.29, 1.82) is 0 Å². The van der Waals surface area contributed by atoms with E-state index in [1.807, 2.05) is 0 Å². The number of fused-ring (bicyclic) bond motifs is 1. The zero-order valence-corrected chi connectivity index (χ0v) is 16.3. The minimum atomic E-state index is -1.82. The lowest BCUT2D eigenvalue weighted by atomic mass is 9.92. The van der Waals surface area contributed by atoms with Crippen LogP contribution in [0.4, 0.5) is 0 Å². The fourth-order valence-corrected chi connectivity index (χ4v) is 3.19. The first-order valence-electron chi connectivity index (χ1n) is 9.48. The highest BCUT2D eigenvalue weighted by Gasteiger charge is 2.19. The average molecular weight is 385 g/mol. The summed E-state index contributed by atoms with van der Waals surface area (Å²) in [4.78, 5) is 20.6. The molecule has 0 fully saturated rings. The number of hydrogen-bond donors (Lipinski definition) is 2. The van der Waals surface area contributed by atoms with Crippen molar-refractivity contribution in [2.75, 3.05) is 19.6 Å². The molecule has 0 aliphatic heterocycles. The van der Waals surface area contributed by atoms with Crippen LogP contribution in [-0.2, 0) is 16.0 Å². The van der Waals surface area contributed by atoms with Crippen LogP contribution in [0.2, 0.25) is 0 Å². The Balaban J connectivity index is 0.000000409. The summed E-state index contributed by atoms with van der Waals surface area (Å²) in [6.45, 7) is 7.70. The van der Waals surface area contributed by atoms with Crippen molar-refractivity contribution < 1.29 is 19.8 Å². The predicted molar refractivity (Wildman–Crippen MR) is 108 cm³/mol. The third kappa shape index (κ3) is 5.53. The maximum atomic E-state index is 9.10. The Kier molecular flexibility index (Phi) is 7.95. The Bertz CT molecular complexity index is 811. The van der Waals surface area contributed by atoms with Crippen LogP contribution < -0.4 is 0 Å². The Morgan fingerprint density at radius 2 is 1.75 bits per heavy atom. The topological polar surface area (TPSA) is 95.7 Å². The minimum absolute atomic E-state index is 1.04. The van der Waals surface area contributed by atoms with Crippen molar-refractivity contribution in [2.45, 2.75) is 33.1 Å². The lowest BCUT2D eigenvalue weighted by molar-refractivity contribution is -0.159. The van der Waals surface area contributed by atoms with Gasteiger partial charge in [0.1, 0.15) is 0 Å². The standard InChI is InChI=1S/C19H25N3.C2H2O4/c1-3-21(4-2)14-13-16-9-8-12-19-18(16)15-20-22(19)17-10-6-5-7-11-17;3-1(4)2(5)6/h5-7,10-11,13,15H,3-4,8-9,12,14H2,1-2H3;(H,3,4)(H,5,6). The molecule has 0 spiro atoms. The van der Waals surface area contributed by atoms with Gasteiger partial charge in [0.25, 0.3) is 0 Å². The fraction of sp³-hybridized carbons (Fsp3) is 0.381. The molecule has 28 heavy (non-hydrogen) atoms.